The van der Waals surface area contributed by atoms with E-state index in [1.165, 1.54) is 12.1 Å². The van der Waals surface area contributed by atoms with Crippen LogP contribution in [0.4, 0.5) is 5.69 Å². The van der Waals surface area contributed by atoms with E-state index in [1.54, 1.807) is 0 Å². The van der Waals surface area contributed by atoms with Crippen LogP contribution in [0.5, 0.6) is 5.75 Å². The zero-order chi connectivity index (χ0) is 13.8. The number of rotatable bonds is 6. The minimum atomic E-state index is -3.46. The Morgan fingerprint density at radius 2 is 2.06 bits per heavy atom. The molecule has 0 unspecified atom stereocenters. The largest absolute Gasteiger partial charge is 0.487 e. The van der Waals surface area contributed by atoms with Crippen molar-refractivity contribution in [2.45, 2.75) is 24.7 Å². The predicted octanol–water partition coefficient (Wildman–Crippen LogP) is 2.18. The number of hydrogen-bond acceptors (Lipinski definition) is 5. The van der Waals surface area contributed by atoms with Crippen LogP contribution in [0.3, 0.4) is 0 Å². The van der Waals surface area contributed by atoms with E-state index in [2.05, 4.69) is 0 Å². The molecule has 0 aliphatic heterocycles. The number of unbranched alkanes of at least 4 members (excludes halogenated alkanes) is 1. The van der Waals surface area contributed by atoms with Crippen LogP contribution in [0.1, 0.15) is 19.8 Å². The summed E-state index contributed by atoms with van der Waals surface area (Å²) in [5, 5.41) is 10.9. The Morgan fingerprint density at radius 1 is 1.39 bits per heavy atom. The highest BCUT2D eigenvalue weighted by molar-refractivity contribution is 7.90. The Hall–Kier alpha value is -1.63. The number of nitro benzene ring substituents is 1. The number of nitrogens with zero attached hydrogens (tertiary/aromatic N) is 1. The van der Waals surface area contributed by atoms with Crippen LogP contribution in [0.25, 0.3) is 0 Å². The highest BCUT2D eigenvalue weighted by Crippen LogP contribution is 2.29. The van der Waals surface area contributed by atoms with Crippen molar-refractivity contribution in [2.24, 2.45) is 0 Å². The van der Waals surface area contributed by atoms with Gasteiger partial charge in [-0.1, -0.05) is 13.3 Å². The molecule has 0 N–H and O–H groups in total. The van der Waals surface area contributed by atoms with Crippen molar-refractivity contribution in [1.29, 1.82) is 0 Å². The molecule has 7 heteroatoms. The molecule has 0 amide bonds. The standard InChI is InChI=1S/C11H15NO5S/c1-3-4-7-17-11-6-5-9(18(2,15)16)8-10(11)12(13)14/h5-6,8H,3-4,7H2,1-2H3. The van der Waals surface area contributed by atoms with Crippen molar-refractivity contribution >= 4 is 15.5 Å². The third kappa shape index (κ3) is 3.69. The summed E-state index contributed by atoms with van der Waals surface area (Å²) in [5.74, 6) is 0.0980. The fourth-order valence-electron chi connectivity index (χ4n) is 1.32. The summed E-state index contributed by atoms with van der Waals surface area (Å²) in [5.41, 5.74) is -0.325. The minimum Gasteiger partial charge on any atom is -0.487 e. The first-order valence-corrected chi connectivity index (χ1v) is 7.36. The predicted molar refractivity (Wildman–Crippen MR) is 66.6 cm³/mol. The van der Waals surface area contributed by atoms with Gasteiger partial charge in [-0.2, -0.15) is 0 Å². The molecule has 0 saturated heterocycles. The van der Waals surface area contributed by atoms with Gasteiger partial charge < -0.3 is 4.74 Å². The van der Waals surface area contributed by atoms with E-state index in [0.29, 0.717) is 6.61 Å². The molecule has 0 radical (unpaired) electrons. The van der Waals surface area contributed by atoms with Crippen molar-refractivity contribution in [2.75, 3.05) is 12.9 Å². The van der Waals surface area contributed by atoms with Crippen molar-refractivity contribution in [1.82, 2.24) is 0 Å². The maximum atomic E-state index is 11.3. The third-order valence-corrected chi connectivity index (χ3v) is 3.42. The monoisotopic (exact) mass is 273 g/mol. The molecule has 0 atom stereocenters. The SMILES string of the molecule is CCCCOc1ccc(S(C)(=O)=O)cc1[N+](=O)[O-]. The van der Waals surface area contributed by atoms with Gasteiger partial charge in [0.25, 0.3) is 0 Å². The molecule has 0 fully saturated rings. The Morgan fingerprint density at radius 3 is 2.56 bits per heavy atom. The highest BCUT2D eigenvalue weighted by Gasteiger charge is 2.19. The smallest absolute Gasteiger partial charge is 0.312 e. The molecule has 0 heterocycles. The van der Waals surface area contributed by atoms with Crippen LogP contribution in [0, 0.1) is 10.1 Å². The summed E-state index contributed by atoms with van der Waals surface area (Å²) in [6.45, 7) is 2.35. The van der Waals surface area contributed by atoms with Crippen LogP contribution in [0.15, 0.2) is 23.1 Å². The first-order chi connectivity index (χ1) is 8.36. The van der Waals surface area contributed by atoms with E-state index in [1.807, 2.05) is 6.92 Å². The molecular weight excluding hydrogens is 258 g/mol. The molecule has 1 aromatic carbocycles. The Balaban J connectivity index is 3.09. The van der Waals surface area contributed by atoms with E-state index in [4.69, 9.17) is 4.74 Å². The summed E-state index contributed by atoms with van der Waals surface area (Å²) in [6, 6.07) is 3.66. The van der Waals surface area contributed by atoms with Crippen molar-refractivity contribution < 1.29 is 18.1 Å². The lowest BCUT2D eigenvalue weighted by atomic mass is 10.3. The summed E-state index contributed by atoms with van der Waals surface area (Å²) in [4.78, 5) is 10.1. The van der Waals surface area contributed by atoms with Crippen LogP contribution in [0.2, 0.25) is 0 Å². The van der Waals surface area contributed by atoms with Gasteiger partial charge in [-0.25, -0.2) is 8.42 Å². The molecule has 0 bridgehead atoms. The molecule has 6 nitrogen and oxygen atoms in total. The van der Waals surface area contributed by atoms with Crippen LogP contribution >= 0.6 is 0 Å². The molecule has 100 valence electrons. The molecule has 0 saturated carbocycles. The van der Waals surface area contributed by atoms with E-state index >= 15 is 0 Å². The number of ether oxygens (including phenoxy) is 1. The normalized spacial score (nSPS) is 11.2. The lowest BCUT2D eigenvalue weighted by Gasteiger charge is -2.07. The quantitative estimate of drug-likeness (QED) is 0.450. The van der Waals surface area contributed by atoms with Gasteiger partial charge in [0.05, 0.1) is 16.4 Å². The third-order valence-electron chi connectivity index (χ3n) is 2.31. The average Bonchev–Trinajstić information content (AvgIpc) is 2.28. The van der Waals surface area contributed by atoms with E-state index < -0.39 is 14.8 Å². The number of sulfone groups is 1. The van der Waals surface area contributed by atoms with Crippen LogP contribution in [-0.2, 0) is 9.84 Å². The van der Waals surface area contributed by atoms with E-state index in [-0.39, 0.29) is 16.3 Å². The molecule has 1 rings (SSSR count). The lowest BCUT2D eigenvalue weighted by Crippen LogP contribution is -2.03. The first-order valence-electron chi connectivity index (χ1n) is 5.47. The molecule has 0 aliphatic carbocycles. The second kappa shape index (κ2) is 5.81. The number of hydrogen-bond donors (Lipinski definition) is 0. The minimum absolute atomic E-state index is 0.0861. The Bertz CT molecular complexity index is 538. The van der Waals surface area contributed by atoms with E-state index in [9.17, 15) is 18.5 Å². The zero-order valence-corrected chi connectivity index (χ0v) is 11.1. The molecular formula is C11H15NO5S. The van der Waals surface area contributed by atoms with Gasteiger partial charge in [0.2, 0.25) is 0 Å². The van der Waals surface area contributed by atoms with Gasteiger partial charge in [-0.3, -0.25) is 10.1 Å². The van der Waals surface area contributed by atoms with Gasteiger partial charge in [0.1, 0.15) is 0 Å². The molecule has 18 heavy (non-hydrogen) atoms. The lowest BCUT2D eigenvalue weighted by molar-refractivity contribution is -0.386. The second-order valence-electron chi connectivity index (χ2n) is 3.86. The van der Waals surface area contributed by atoms with Crippen molar-refractivity contribution in [3.63, 3.8) is 0 Å². The van der Waals surface area contributed by atoms with Crippen LogP contribution < -0.4 is 4.74 Å². The second-order valence-corrected chi connectivity index (χ2v) is 5.88. The molecule has 1 aromatic rings. The summed E-state index contributed by atoms with van der Waals surface area (Å²) < 4.78 is 27.9. The summed E-state index contributed by atoms with van der Waals surface area (Å²) in [6.07, 6.45) is 2.70. The molecule has 0 aromatic heterocycles. The van der Waals surface area contributed by atoms with Gasteiger partial charge in [0.15, 0.2) is 15.6 Å². The maximum Gasteiger partial charge on any atom is 0.312 e. The Kier molecular flexibility index (Phi) is 4.66. The number of nitro groups is 1. The topological polar surface area (TPSA) is 86.5 Å². The first kappa shape index (κ1) is 14.4. The van der Waals surface area contributed by atoms with Gasteiger partial charge in [-0.15, -0.1) is 0 Å². The zero-order valence-electron chi connectivity index (χ0n) is 10.3. The molecule has 0 aliphatic rings. The van der Waals surface area contributed by atoms with Crippen molar-refractivity contribution in [3.05, 3.63) is 28.3 Å². The van der Waals surface area contributed by atoms with Gasteiger partial charge >= 0.3 is 5.69 Å². The summed E-state index contributed by atoms with van der Waals surface area (Å²) in [7, 11) is -3.46. The number of benzene rings is 1. The van der Waals surface area contributed by atoms with E-state index in [0.717, 1.165) is 25.2 Å². The molecule has 0 spiro atoms. The average molecular weight is 273 g/mol. The van der Waals surface area contributed by atoms with Crippen molar-refractivity contribution in [3.8, 4) is 5.75 Å². The van der Waals surface area contributed by atoms with Crippen LogP contribution in [-0.4, -0.2) is 26.2 Å². The van der Waals surface area contributed by atoms with Gasteiger partial charge in [-0.05, 0) is 18.6 Å². The highest BCUT2D eigenvalue weighted by atomic mass is 32.2. The fraction of sp³-hybridized carbons (Fsp3) is 0.455. The fourth-order valence-corrected chi connectivity index (χ4v) is 1.96. The maximum absolute atomic E-state index is 11.3. The Labute approximate surface area is 106 Å². The summed E-state index contributed by atoms with van der Waals surface area (Å²) >= 11 is 0. The van der Waals surface area contributed by atoms with Gasteiger partial charge in [0, 0.05) is 12.3 Å².